The molecule has 26 heavy (non-hydrogen) atoms. The highest BCUT2D eigenvalue weighted by atomic mass is 16.5. The summed E-state index contributed by atoms with van der Waals surface area (Å²) in [7, 11) is 3.45. The third-order valence-corrected chi connectivity index (χ3v) is 4.12. The molecule has 0 aliphatic rings. The van der Waals surface area contributed by atoms with E-state index in [9.17, 15) is 0 Å². The molecule has 0 unspecified atom stereocenters. The van der Waals surface area contributed by atoms with Crippen molar-refractivity contribution < 1.29 is 4.74 Å². The highest BCUT2D eigenvalue weighted by Crippen LogP contribution is 2.12. The van der Waals surface area contributed by atoms with Gasteiger partial charge in [-0.2, -0.15) is 0 Å². The number of aromatic nitrogens is 3. The Balaban J connectivity index is 1.43. The average molecular weight is 352 g/mol. The predicted molar refractivity (Wildman–Crippen MR) is 103 cm³/mol. The van der Waals surface area contributed by atoms with Gasteiger partial charge >= 0.3 is 0 Å². The van der Waals surface area contributed by atoms with Crippen molar-refractivity contribution in [1.82, 2.24) is 25.2 Å². The number of nitrogens with one attached hydrogen (secondary N) is 2. The molecule has 0 spiro atoms. The second kappa shape index (κ2) is 8.84. The van der Waals surface area contributed by atoms with Crippen molar-refractivity contribution in [3.05, 3.63) is 60.0 Å². The van der Waals surface area contributed by atoms with Gasteiger partial charge in [-0.15, -0.1) is 10.2 Å². The van der Waals surface area contributed by atoms with E-state index in [1.54, 1.807) is 14.2 Å². The highest BCUT2D eigenvalue weighted by molar-refractivity contribution is 5.79. The molecule has 0 saturated heterocycles. The summed E-state index contributed by atoms with van der Waals surface area (Å²) >= 11 is 0. The normalized spacial score (nSPS) is 11.5. The van der Waals surface area contributed by atoms with E-state index in [1.807, 2.05) is 40.9 Å². The predicted octanol–water partition coefficient (Wildman–Crippen LogP) is 2.04. The number of hydrogen-bond donors (Lipinski definition) is 2. The summed E-state index contributed by atoms with van der Waals surface area (Å²) in [5, 5.41) is 15.0. The first-order valence-corrected chi connectivity index (χ1v) is 8.66. The third-order valence-electron chi connectivity index (χ3n) is 4.12. The van der Waals surface area contributed by atoms with Crippen LogP contribution >= 0.6 is 0 Å². The first kappa shape index (κ1) is 17.7. The molecule has 0 atom stereocenters. The topological polar surface area (TPSA) is 75.8 Å². The highest BCUT2D eigenvalue weighted by Gasteiger charge is 2.05. The molecule has 0 amide bonds. The Labute approximate surface area is 153 Å². The van der Waals surface area contributed by atoms with E-state index in [0.29, 0.717) is 6.54 Å². The number of pyridine rings is 1. The van der Waals surface area contributed by atoms with Gasteiger partial charge in [0.05, 0.1) is 13.7 Å². The molecule has 2 N–H and O–H groups in total. The van der Waals surface area contributed by atoms with Crippen LogP contribution < -0.4 is 15.4 Å². The van der Waals surface area contributed by atoms with Gasteiger partial charge in [0.2, 0.25) is 0 Å². The number of aryl methyl sites for hydroxylation is 1. The van der Waals surface area contributed by atoms with Crippen molar-refractivity contribution >= 4 is 11.6 Å². The van der Waals surface area contributed by atoms with Crippen molar-refractivity contribution in [3.63, 3.8) is 0 Å². The van der Waals surface area contributed by atoms with Crippen LogP contribution in [0.25, 0.3) is 5.65 Å². The van der Waals surface area contributed by atoms with Crippen LogP contribution in [0.1, 0.15) is 17.8 Å². The summed E-state index contributed by atoms with van der Waals surface area (Å²) in [6, 6.07) is 14.0. The van der Waals surface area contributed by atoms with Gasteiger partial charge in [-0.3, -0.25) is 9.39 Å². The van der Waals surface area contributed by atoms with Gasteiger partial charge in [0, 0.05) is 19.8 Å². The molecule has 3 aromatic rings. The van der Waals surface area contributed by atoms with E-state index in [1.165, 1.54) is 5.56 Å². The molecule has 2 heterocycles. The van der Waals surface area contributed by atoms with E-state index < -0.39 is 0 Å². The molecule has 0 saturated carbocycles. The van der Waals surface area contributed by atoms with Crippen LogP contribution in [0.5, 0.6) is 5.75 Å². The van der Waals surface area contributed by atoms with Crippen LogP contribution in [0.4, 0.5) is 0 Å². The number of rotatable bonds is 7. The lowest BCUT2D eigenvalue weighted by molar-refractivity contribution is 0.414. The lowest BCUT2D eigenvalue weighted by atomic mass is 10.1. The summed E-state index contributed by atoms with van der Waals surface area (Å²) in [4.78, 5) is 4.26. The number of aliphatic imine (C=N–C) groups is 1. The molecule has 3 rings (SSSR count). The second-order valence-corrected chi connectivity index (χ2v) is 5.85. The molecule has 0 fully saturated rings. The van der Waals surface area contributed by atoms with Crippen LogP contribution in [-0.4, -0.2) is 41.3 Å². The van der Waals surface area contributed by atoms with Crippen molar-refractivity contribution in [1.29, 1.82) is 0 Å². The van der Waals surface area contributed by atoms with Crippen molar-refractivity contribution in [2.45, 2.75) is 19.4 Å². The number of fused-ring (bicyclic) bond motifs is 1. The molecule has 0 bridgehead atoms. The zero-order valence-corrected chi connectivity index (χ0v) is 15.1. The van der Waals surface area contributed by atoms with Gasteiger partial charge < -0.3 is 15.4 Å². The van der Waals surface area contributed by atoms with Gasteiger partial charge in [0.25, 0.3) is 0 Å². The van der Waals surface area contributed by atoms with Crippen LogP contribution in [0.15, 0.2) is 53.7 Å². The first-order chi connectivity index (χ1) is 12.8. The van der Waals surface area contributed by atoms with Crippen LogP contribution in [0.3, 0.4) is 0 Å². The molecule has 1 aromatic carbocycles. The molecular weight excluding hydrogens is 328 g/mol. The Bertz CT molecular complexity index is 856. The van der Waals surface area contributed by atoms with Gasteiger partial charge in [0.1, 0.15) is 5.75 Å². The molecule has 7 nitrogen and oxygen atoms in total. The molecule has 0 aliphatic carbocycles. The van der Waals surface area contributed by atoms with Gasteiger partial charge in [0.15, 0.2) is 17.4 Å². The maximum Gasteiger partial charge on any atom is 0.191 e. The molecule has 0 aliphatic heterocycles. The summed E-state index contributed by atoms with van der Waals surface area (Å²) in [6.07, 6.45) is 3.97. The fraction of sp³-hybridized carbons (Fsp3) is 0.316. The minimum atomic E-state index is 0.559. The first-order valence-electron chi connectivity index (χ1n) is 8.66. The average Bonchev–Trinajstić information content (AvgIpc) is 3.11. The lowest BCUT2D eigenvalue weighted by Gasteiger charge is -2.11. The molecule has 136 valence electrons. The maximum absolute atomic E-state index is 5.18. The Morgan fingerprint density at radius 3 is 2.73 bits per heavy atom. The smallest absolute Gasteiger partial charge is 0.191 e. The lowest BCUT2D eigenvalue weighted by Crippen LogP contribution is -2.37. The maximum atomic E-state index is 5.18. The van der Waals surface area contributed by atoms with Gasteiger partial charge in [-0.05, 0) is 42.7 Å². The Kier molecular flexibility index (Phi) is 6.03. The summed E-state index contributed by atoms with van der Waals surface area (Å²) in [5.41, 5.74) is 2.14. The number of ether oxygens (including phenoxy) is 1. The Morgan fingerprint density at radius 2 is 1.96 bits per heavy atom. The van der Waals surface area contributed by atoms with E-state index in [4.69, 9.17) is 4.74 Å². The third kappa shape index (κ3) is 4.50. The number of benzene rings is 1. The van der Waals surface area contributed by atoms with Crippen LogP contribution in [0, 0.1) is 0 Å². The molecule has 0 radical (unpaired) electrons. The molecule has 2 aromatic heterocycles. The zero-order chi connectivity index (χ0) is 18.2. The number of methoxy groups -OCH3 is 1. The largest absolute Gasteiger partial charge is 0.497 e. The van der Waals surface area contributed by atoms with Crippen molar-refractivity contribution in [2.75, 3.05) is 20.7 Å². The summed E-state index contributed by atoms with van der Waals surface area (Å²) < 4.78 is 7.14. The minimum Gasteiger partial charge on any atom is -0.497 e. The molecule has 7 heteroatoms. The number of guanidine groups is 1. The fourth-order valence-corrected chi connectivity index (χ4v) is 2.69. The standard InChI is InChI=1S/C19H24N6O/c1-20-19(21-12-5-6-15-8-10-16(26-2)11-9-15)22-14-18-24-23-17-7-3-4-13-25(17)18/h3-4,7-11,13H,5-6,12,14H2,1-2H3,(H2,20,21,22). The van der Waals surface area contributed by atoms with Crippen molar-refractivity contribution in [3.8, 4) is 5.75 Å². The van der Waals surface area contributed by atoms with Gasteiger partial charge in [-0.1, -0.05) is 18.2 Å². The minimum absolute atomic E-state index is 0.559. The quantitative estimate of drug-likeness (QED) is 0.387. The number of nitrogens with zero attached hydrogens (tertiary/aromatic N) is 4. The molecular formula is C19H24N6O. The van der Waals surface area contributed by atoms with Crippen LogP contribution in [0.2, 0.25) is 0 Å². The van der Waals surface area contributed by atoms with E-state index in [-0.39, 0.29) is 0 Å². The van der Waals surface area contributed by atoms with E-state index in [2.05, 4.69) is 38.0 Å². The second-order valence-electron chi connectivity index (χ2n) is 5.85. The summed E-state index contributed by atoms with van der Waals surface area (Å²) in [6.45, 7) is 1.40. The number of hydrogen-bond acceptors (Lipinski definition) is 4. The zero-order valence-electron chi connectivity index (χ0n) is 15.1. The Hall–Kier alpha value is -3.09. The van der Waals surface area contributed by atoms with Crippen LogP contribution in [-0.2, 0) is 13.0 Å². The van der Waals surface area contributed by atoms with Crippen molar-refractivity contribution in [2.24, 2.45) is 4.99 Å². The SMILES string of the molecule is CN=C(NCCCc1ccc(OC)cc1)NCc1nnc2ccccn12. The van der Waals surface area contributed by atoms with E-state index >= 15 is 0 Å². The fourth-order valence-electron chi connectivity index (χ4n) is 2.69. The Morgan fingerprint density at radius 1 is 1.12 bits per heavy atom. The summed E-state index contributed by atoms with van der Waals surface area (Å²) in [5.74, 6) is 2.49. The van der Waals surface area contributed by atoms with Gasteiger partial charge in [-0.25, -0.2) is 0 Å². The monoisotopic (exact) mass is 352 g/mol. The van der Waals surface area contributed by atoms with E-state index in [0.717, 1.165) is 42.6 Å².